The number of amides is 1. The molecule has 2 aromatic rings. The molecule has 1 amide bonds. The summed E-state index contributed by atoms with van der Waals surface area (Å²) >= 11 is 12.1. The second-order valence-electron chi connectivity index (χ2n) is 8.16. The van der Waals surface area contributed by atoms with E-state index in [1.165, 1.54) is 25.7 Å². The van der Waals surface area contributed by atoms with Crippen molar-refractivity contribution in [2.24, 2.45) is 0 Å². The van der Waals surface area contributed by atoms with Crippen molar-refractivity contribution < 1.29 is 4.79 Å². The number of hydrogen-bond acceptors (Lipinski definition) is 2. The fraction of sp³-hybridized carbons (Fsp3) is 0.435. The van der Waals surface area contributed by atoms with Crippen LogP contribution in [0.2, 0.25) is 10.0 Å². The zero-order valence-corrected chi connectivity index (χ0v) is 17.8. The maximum absolute atomic E-state index is 12.7. The second kappa shape index (κ2) is 8.06. The van der Waals surface area contributed by atoms with Gasteiger partial charge in [-0.1, -0.05) is 47.5 Å². The Labute approximate surface area is 177 Å². The third kappa shape index (κ3) is 3.94. The van der Waals surface area contributed by atoms with Gasteiger partial charge in [0.15, 0.2) is 0 Å². The van der Waals surface area contributed by atoms with Crippen LogP contribution >= 0.6 is 23.2 Å². The first-order valence-electron chi connectivity index (χ1n) is 9.99. The van der Waals surface area contributed by atoms with Gasteiger partial charge in [-0.2, -0.15) is 0 Å². The largest absolute Gasteiger partial charge is 0.340 e. The summed E-state index contributed by atoms with van der Waals surface area (Å²) in [6.45, 7) is 3.79. The first kappa shape index (κ1) is 19.8. The lowest BCUT2D eigenvalue weighted by Crippen LogP contribution is -2.44. The monoisotopic (exact) mass is 416 g/mol. The molecule has 5 heteroatoms. The highest BCUT2D eigenvalue weighted by molar-refractivity contribution is 6.35. The molecule has 1 aliphatic carbocycles. The first-order chi connectivity index (χ1) is 13.5. The summed E-state index contributed by atoms with van der Waals surface area (Å²) in [5.41, 5.74) is 4.05. The smallest absolute Gasteiger partial charge is 0.253 e. The summed E-state index contributed by atoms with van der Waals surface area (Å²) in [6.07, 6.45) is 4.93. The molecule has 3 nitrogen and oxygen atoms in total. The third-order valence-corrected chi connectivity index (χ3v) is 6.92. The number of aryl methyl sites for hydroxylation is 1. The molecule has 0 atom stereocenters. The minimum absolute atomic E-state index is 0.0393. The number of rotatable bonds is 4. The van der Waals surface area contributed by atoms with Crippen molar-refractivity contribution >= 4 is 29.1 Å². The number of carbonyl (C=O) groups excluding carboxylic acids is 1. The lowest BCUT2D eigenvalue weighted by atomic mass is 9.74. The van der Waals surface area contributed by atoms with Crippen LogP contribution in [0.4, 0.5) is 0 Å². The fourth-order valence-corrected chi connectivity index (χ4v) is 5.31. The van der Waals surface area contributed by atoms with Crippen LogP contribution in [-0.4, -0.2) is 48.9 Å². The molecule has 1 fully saturated rings. The highest BCUT2D eigenvalue weighted by atomic mass is 35.5. The van der Waals surface area contributed by atoms with Crippen LogP contribution < -0.4 is 0 Å². The van der Waals surface area contributed by atoms with Crippen LogP contribution in [0.15, 0.2) is 42.5 Å². The van der Waals surface area contributed by atoms with E-state index in [1.807, 2.05) is 7.05 Å². The number of likely N-dealkylation sites (tertiary alicyclic amines) is 1. The van der Waals surface area contributed by atoms with Crippen LogP contribution in [0.3, 0.4) is 0 Å². The Morgan fingerprint density at radius 2 is 1.75 bits per heavy atom. The summed E-state index contributed by atoms with van der Waals surface area (Å²) in [4.78, 5) is 16.9. The summed E-state index contributed by atoms with van der Waals surface area (Å²) in [5, 5.41) is 0.977. The molecular formula is C23H26Cl2N2O. The number of piperidine rings is 1. The van der Waals surface area contributed by atoms with Gasteiger partial charge in [0.1, 0.15) is 0 Å². The van der Waals surface area contributed by atoms with E-state index in [2.05, 4.69) is 29.2 Å². The lowest BCUT2D eigenvalue weighted by Gasteiger charge is -2.40. The Morgan fingerprint density at radius 1 is 1.07 bits per heavy atom. The molecule has 28 heavy (non-hydrogen) atoms. The number of benzene rings is 2. The topological polar surface area (TPSA) is 23.6 Å². The number of carbonyl (C=O) groups is 1. The SMILES string of the molecule is CN(CCN1CCC2(CCc3ccccc32)CC1)C(=O)c1cc(Cl)cc(Cl)c1. The van der Waals surface area contributed by atoms with E-state index >= 15 is 0 Å². The minimum atomic E-state index is -0.0393. The van der Waals surface area contributed by atoms with Gasteiger partial charge < -0.3 is 9.80 Å². The Morgan fingerprint density at radius 3 is 2.46 bits per heavy atom. The molecule has 0 bridgehead atoms. The van der Waals surface area contributed by atoms with E-state index in [-0.39, 0.29) is 5.91 Å². The van der Waals surface area contributed by atoms with Crippen molar-refractivity contribution in [2.75, 3.05) is 33.2 Å². The van der Waals surface area contributed by atoms with Gasteiger partial charge in [-0.3, -0.25) is 4.79 Å². The maximum Gasteiger partial charge on any atom is 0.253 e. The highest BCUT2D eigenvalue weighted by Gasteiger charge is 2.40. The molecule has 0 aromatic heterocycles. The summed E-state index contributed by atoms with van der Waals surface area (Å²) in [5.74, 6) is -0.0393. The normalized spacial score (nSPS) is 18.2. The zero-order valence-electron chi connectivity index (χ0n) is 16.3. The van der Waals surface area contributed by atoms with E-state index < -0.39 is 0 Å². The lowest BCUT2D eigenvalue weighted by molar-refractivity contribution is 0.0760. The van der Waals surface area contributed by atoms with Gasteiger partial charge in [-0.25, -0.2) is 0 Å². The standard InChI is InChI=1S/C23H26Cl2N2O/c1-26(22(28)18-14-19(24)16-20(25)15-18)12-13-27-10-8-23(9-11-27)7-6-17-4-2-3-5-21(17)23/h2-5,14-16H,6-13H2,1H3. The van der Waals surface area contributed by atoms with E-state index in [9.17, 15) is 4.79 Å². The Kier molecular flexibility index (Phi) is 5.69. The number of likely N-dealkylation sites (N-methyl/N-ethyl adjacent to an activating group) is 1. The van der Waals surface area contributed by atoms with Gasteiger partial charge in [-0.15, -0.1) is 0 Å². The average Bonchev–Trinajstić information content (AvgIpc) is 3.04. The fourth-order valence-electron chi connectivity index (χ4n) is 4.78. The Hall–Kier alpha value is -1.55. The highest BCUT2D eigenvalue weighted by Crippen LogP contribution is 2.46. The van der Waals surface area contributed by atoms with Crippen LogP contribution in [0.5, 0.6) is 0 Å². The van der Waals surface area contributed by atoms with Gasteiger partial charge in [-0.05, 0) is 73.5 Å². The minimum Gasteiger partial charge on any atom is -0.340 e. The number of halogens is 2. The molecule has 2 aromatic carbocycles. The molecule has 1 spiro atoms. The molecule has 2 aliphatic rings. The number of fused-ring (bicyclic) bond motifs is 2. The molecule has 0 radical (unpaired) electrons. The van der Waals surface area contributed by atoms with Gasteiger partial charge >= 0.3 is 0 Å². The Bertz CT molecular complexity index is 854. The van der Waals surface area contributed by atoms with E-state index in [0.717, 1.165) is 19.6 Å². The number of nitrogens with zero attached hydrogens (tertiary/aromatic N) is 2. The molecular weight excluding hydrogens is 391 g/mol. The molecule has 1 saturated heterocycles. The van der Waals surface area contributed by atoms with Gasteiger partial charge in [0.2, 0.25) is 0 Å². The van der Waals surface area contributed by atoms with Crippen molar-refractivity contribution in [2.45, 2.75) is 31.1 Å². The predicted molar refractivity (Wildman–Crippen MR) is 116 cm³/mol. The van der Waals surface area contributed by atoms with Crippen LogP contribution in [0.1, 0.15) is 40.7 Å². The molecule has 0 unspecified atom stereocenters. The van der Waals surface area contributed by atoms with Gasteiger partial charge in [0, 0.05) is 35.7 Å². The summed E-state index contributed by atoms with van der Waals surface area (Å²) < 4.78 is 0. The molecule has 4 rings (SSSR count). The molecule has 0 N–H and O–H groups in total. The number of hydrogen-bond donors (Lipinski definition) is 0. The molecule has 1 aliphatic heterocycles. The summed E-state index contributed by atoms with van der Waals surface area (Å²) in [7, 11) is 1.84. The van der Waals surface area contributed by atoms with Gasteiger partial charge in [0.05, 0.1) is 0 Å². The van der Waals surface area contributed by atoms with Crippen LogP contribution in [-0.2, 0) is 11.8 Å². The van der Waals surface area contributed by atoms with Crippen molar-refractivity contribution in [1.82, 2.24) is 9.80 Å². The average molecular weight is 417 g/mol. The van der Waals surface area contributed by atoms with E-state index in [0.29, 0.717) is 27.6 Å². The van der Waals surface area contributed by atoms with Crippen molar-refractivity contribution in [3.8, 4) is 0 Å². The van der Waals surface area contributed by atoms with E-state index in [1.54, 1.807) is 34.2 Å². The molecule has 1 heterocycles. The quantitative estimate of drug-likeness (QED) is 0.696. The van der Waals surface area contributed by atoms with Crippen LogP contribution in [0, 0.1) is 0 Å². The van der Waals surface area contributed by atoms with Crippen molar-refractivity contribution in [3.05, 3.63) is 69.2 Å². The van der Waals surface area contributed by atoms with Crippen molar-refractivity contribution in [1.29, 1.82) is 0 Å². The zero-order chi connectivity index (χ0) is 19.7. The molecule has 0 saturated carbocycles. The van der Waals surface area contributed by atoms with Crippen molar-refractivity contribution in [3.63, 3.8) is 0 Å². The van der Waals surface area contributed by atoms with Crippen LogP contribution in [0.25, 0.3) is 0 Å². The molecule has 148 valence electrons. The van der Waals surface area contributed by atoms with E-state index in [4.69, 9.17) is 23.2 Å². The second-order valence-corrected chi connectivity index (χ2v) is 9.04. The maximum atomic E-state index is 12.7. The third-order valence-electron chi connectivity index (χ3n) is 6.48. The Balaban J connectivity index is 1.31. The predicted octanol–water partition coefficient (Wildman–Crippen LogP) is 5.05. The summed E-state index contributed by atoms with van der Waals surface area (Å²) in [6, 6.07) is 14.0. The first-order valence-corrected chi connectivity index (χ1v) is 10.7. The van der Waals surface area contributed by atoms with Gasteiger partial charge in [0.25, 0.3) is 5.91 Å².